The largest absolute Gasteiger partial charge is 0.467 e. The highest BCUT2D eigenvalue weighted by molar-refractivity contribution is 6.38. The van der Waals surface area contributed by atoms with Gasteiger partial charge in [-0.15, -0.1) is 0 Å². The van der Waals surface area contributed by atoms with Crippen LogP contribution in [-0.2, 0) is 11.3 Å². The Balaban J connectivity index is 1.66. The van der Waals surface area contributed by atoms with Crippen LogP contribution in [0.15, 0.2) is 42.7 Å². The van der Waals surface area contributed by atoms with Gasteiger partial charge in [-0.3, -0.25) is 4.79 Å². The standard InChI is InChI=1S/C17H12Cl3N3O2/c18-11-5-12-16(14(20)6-11)22-9-23-17(12)25-8-15(24)21-7-10-3-1-2-4-13(10)19/h1-6,9H,7-8H2,(H,21,24). The molecule has 0 saturated carbocycles. The van der Waals surface area contributed by atoms with Crippen molar-refractivity contribution in [2.75, 3.05) is 6.61 Å². The van der Waals surface area contributed by atoms with Gasteiger partial charge < -0.3 is 10.1 Å². The highest BCUT2D eigenvalue weighted by atomic mass is 35.5. The minimum absolute atomic E-state index is 0.208. The predicted octanol–water partition coefficient (Wildman–Crippen LogP) is 4.29. The summed E-state index contributed by atoms with van der Waals surface area (Å²) >= 11 is 18.2. The van der Waals surface area contributed by atoms with Gasteiger partial charge in [-0.25, -0.2) is 9.97 Å². The molecule has 0 unspecified atom stereocenters. The maximum absolute atomic E-state index is 12.0. The van der Waals surface area contributed by atoms with Crippen molar-refractivity contribution in [3.8, 4) is 5.88 Å². The fourth-order valence-electron chi connectivity index (χ4n) is 2.20. The van der Waals surface area contributed by atoms with E-state index in [4.69, 9.17) is 39.5 Å². The lowest BCUT2D eigenvalue weighted by Crippen LogP contribution is -2.28. The number of carbonyl (C=O) groups is 1. The Bertz CT molecular complexity index is 934. The third kappa shape index (κ3) is 4.31. The van der Waals surface area contributed by atoms with Crippen LogP contribution in [-0.4, -0.2) is 22.5 Å². The first-order valence-electron chi connectivity index (χ1n) is 7.27. The monoisotopic (exact) mass is 395 g/mol. The van der Waals surface area contributed by atoms with Crippen LogP contribution in [0.2, 0.25) is 15.1 Å². The number of amides is 1. The molecule has 0 aliphatic rings. The molecular weight excluding hydrogens is 385 g/mol. The summed E-state index contributed by atoms with van der Waals surface area (Å²) in [4.78, 5) is 20.1. The average molecular weight is 397 g/mol. The van der Waals surface area contributed by atoms with Gasteiger partial charge in [0.2, 0.25) is 5.88 Å². The Morgan fingerprint density at radius 3 is 2.68 bits per heavy atom. The van der Waals surface area contributed by atoms with Gasteiger partial charge in [0, 0.05) is 16.6 Å². The maximum Gasteiger partial charge on any atom is 0.258 e. The van der Waals surface area contributed by atoms with E-state index in [1.54, 1.807) is 18.2 Å². The van der Waals surface area contributed by atoms with Crippen LogP contribution in [0.5, 0.6) is 5.88 Å². The number of nitrogens with one attached hydrogen (secondary N) is 1. The van der Waals surface area contributed by atoms with Gasteiger partial charge in [-0.05, 0) is 23.8 Å². The molecule has 0 bridgehead atoms. The number of nitrogens with zero attached hydrogens (tertiary/aromatic N) is 2. The Morgan fingerprint density at radius 1 is 1.08 bits per heavy atom. The molecule has 0 radical (unpaired) electrons. The number of benzene rings is 2. The minimum Gasteiger partial charge on any atom is -0.467 e. The molecule has 0 spiro atoms. The number of carbonyl (C=O) groups excluding carboxylic acids is 1. The molecule has 3 rings (SSSR count). The number of hydrogen-bond donors (Lipinski definition) is 1. The van der Waals surface area contributed by atoms with E-state index in [-0.39, 0.29) is 18.4 Å². The molecule has 1 amide bonds. The normalized spacial score (nSPS) is 10.7. The van der Waals surface area contributed by atoms with Gasteiger partial charge in [-0.1, -0.05) is 53.0 Å². The molecule has 8 heteroatoms. The first kappa shape index (κ1) is 17.7. The lowest BCUT2D eigenvalue weighted by atomic mass is 10.2. The Morgan fingerprint density at radius 2 is 1.88 bits per heavy atom. The lowest BCUT2D eigenvalue weighted by Gasteiger charge is -2.10. The summed E-state index contributed by atoms with van der Waals surface area (Å²) in [6.07, 6.45) is 1.32. The summed E-state index contributed by atoms with van der Waals surface area (Å²) in [5.74, 6) is -0.0675. The van der Waals surface area contributed by atoms with Crippen molar-refractivity contribution in [3.63, 3.8) is 0 Å². The Kier molecular flexibility index (Phi) is 5.58. The van der Waals surface area contributed by atoms with E-state index in [1.165, 1.54) is 6.33 Å². The molecule has 0 aliphatic carbocycles. The van der Waals surface area contributed by atoms with Crippen LogP contribution in [0.4, 0.5) is 0 Å². The van der Waals surface area contributed by atoms with Gasteiger partial charge in [0.1, 0.15) is 6.33 Å². The zero-order valence-electron chi connectivity index (χ0n) is 12.8. The van der Waals surface area contributed by atoms with Crippen molar-refractivity contribution >= 4 is 51.6 Å². The first-order chi connectivity index (χ1) is 12.0. The second kappa shape index (κ2) is 7.87. The van der Waals surface area contributed by atoms with Crippen molar-refractivity contribution in [2.45, 2.75) is 6.54 Å². The number of halogens is 3. The summed E-state index contributed by atoms with van der Waals surface area (Å²) in [6.45, 7) is 0.102. The summed E-state index contributed by atoms with van der Waals surface area (Å²) in [7, 11) is 0. The topological polar surface area (TPSA) is 64.1 Å². The second-order valence-corrected chi connectivity index (χ2v) is 6.37. The molecule has 0 aliphatic heterocycles. The first-order valence-corrected chi connectivity index (χ1v) is 8.40. The minimum atomic E-state index is -0.306. The van der Waals surface area contributed by atoms with Crippen LogP contribution < -0.4 is 10.1 Å². The van der Waals surface area contributed by atoms with E-state index < -0.39 is 0 Å². The van der Waals surface area contributed by atoms with E-state index in [0.717, 1.165) is 5.56 Å². The van der Waals surface area contributed by atoms with E-state index in [2.05, 4.69) is 15.3 Å². The van der Waals surface area contributed by atoms with Gasteiger partial charge in [0.05, 0.1) is 15.9 Å². The van der Waals surface area contributed by atoms with E-state index in [1.807, 2.05) is 18.2 Å². The molecule has 128 valence electrons. The molecule has 2 aromatic carbocycles. The van der Waals surface area contributed by atoms with E-state index >= 15 is 0 Å². The van der Waals surface area contributed by atoms with Gasteiger partial charge in [-0.2, -0.15) is 0 Å². The van der Waals surface area contributed by atoms with Crippen LogP contribution in [0.3, 0.4) is 0 Å². The quantitative estimate of drug-likeness (QED) is 0.699. The van der Waals surface area contributed by atoms with Crippen LogP contribution in [0.1, 0.15) is 5.56 Å². The molecule has 0 saturated heterocycles. The fraction of sp³-hybridized carbons (Fsp3) is 0.118. The van der Waals surface area contributed by atoms with Gasteiger partial charge in [0.25, 0.3) is 5.91 Å². The molecular formula is C17H12Cl3N3O2. The lowest BCUT2D eigenvalue weighted by molar-refractivity contribution is -0.123. The summed E-state index contributed by atoms with van der Waals surface area (Å²) < 4.78 is 5.50. The average Bonchev–Trinajstić information content (AvgIpc) is 2.59. The van der Waals surface area contributed by atoms with E-state index in [0.29, 0.717) is 32.5 Å². The fourth-order valence-corrected chi connectivity index (χ4v) is 2.95. The van der Waals surface area contributed by atoms with Crippen molar-refractivity contribution in [2.24, 2.45) is 0 Å². The Labute approximate surface area is 158 Å². The number of rotatable bonds is 5. The molecule has 3 aromatic rings. The zero-order chi connectivity index (χ0) is 17.8. The van der Waals surface area contributed by atoms with Gasteiger partial charge in [0.15, 0.2) is 6.61 Å². The van der Waals surface area contributed by atoms with E-state index in [9.17, 15) is 4.79 Å². The highest BCUT2D eigenvalue weighted by Gasteiger charge is 2.11. The third-order valence-electron chi connectivity index (χ3n) is 3.39. The summed E-state index contributed by atoms with van der Waals surface area (Å²) in [5, 5.41) is 4.69. The second-order valence-electron chi connectivity index (χ2n) is 5.12. The molecule has 0 fully saturated rings. The molecule has 1 N–H and O–H groups in total. The smallest absolute Gasteiger partial charge is 0.258 e. The molecule has 1 heterocycles. The molecule has 0 atom stereocenters. The zero-order valence-corrected chi connectivity index (χ0v) is 15.1. The molecule has 5 nitrogen and oxygen atoms in total. The van der Waals surface area contributed by atoms with Crippen molar-refractivity contribution in [1.82, 2.24) is 15.3 Å². The number of hydrogen-bond acceptors (Lipinski definition) is 4. The number of fused-ring (bicyclic) bond motifs is 1. The van der Waals surface area contributed by atoms with Crippen molar-refractivity contribution < 1.29 is 9.53 Å². The van der Waals surface area contributed by atoms with Crippen LogP contribution in [0.25, 0.3) is 10.9 Å². The van der Waals surface area contributed by atoms with Crippen LogP contribution >= 0.6 is 34.8 Å². The third-order valence-corrected chi connectivity index (χ3v) is 4.27. The number of ether oxygens (including phenoxy) is 1. The van der Waals surface area contributed by atoms with Crippen molar-refractivity contribution in [1.29, 1.82) is 0 Å². The van der Waals surface area contributed by atoms with Gasteiger partial charge >= 0.3 is 0 Å². The van der Waals surface area contributed by atoms with Crippen LogP contribution in [0, 0.1) is 0 Å². The Hall–Kier alpha value is -2.08. The summed E-state index contributed by atoms with van der Waals surface area (Å²) in [5.41, 5.74) is 1.33. The maximum atomic E-state index is 12.0. The highest BCUT2D eigenvalue weighted by Crippen LogP contribution is 2.30. The predicted molar refractivity (Wildman–Crippen MR) is 98.4 cm³/mol. The summed E-state index contributed by atoms with van der Waals surface area (Å²) in [6, 6.07) is 10.5. The number of aromatic nitrogens is 2. The molecule has 1 aromatic heterocycles. The SMILES string of the molecule is O=C(COc1ncnc2c(Cl)cc(Cl)cc12)NCc1ccccc1Cl. The van der Waals surface area contributed by atoms with Crippen molar-refractivity contribution in [3.05, 3.63) is 63.4 Å². The molecule has 25 heavy (non-hydrogen) atoms.